The molecule has 3 nitrogen and oxygen atoms in total. The molecule has 0 bridgehead atoms. The lowest BCUT2D eigenvalue weighted by Gasteiger charge is -2.09. The van der Waals surface area contributed by atoms with Crippen molar-refractivity contribution >= 4 is 11.3 Å². The number of aromatic amines is 1. The van der Waals surface area contributed by atoms with E-state index in [9.17, 15) is 0 Å². The van der Waals surface area contributed by atoms with E-state index in [4.69, 9.17) is 4.98 Å². The molecule has 0 atom stereocenters. The van der Waals surface area contributed by atoms with Crippen LogP contribution in [0.3, 0.4) is 0 Å². The lowest BCUT2D eigenvalue weighted by Crippen LogP contribution is -2.25. The molecular formula is C14H19N3S. The quantitative estimate of drug-likeness (QED) is 0.884. The molecule has 4 heteroatoms. The zero-order valence-electron chi connectivity index (χ0n) is 10.7. The van der Waals surface area contributed by atoms with E-state index < -0.39 is 0 Å². The summed E-state index contributed by atoms with van der Waals surface area (Å²) in [6.45, 7) is 2.96. The Morgan fingerprint density at radius 1 is 1.44 bits per heavy atom. The molecule has 1 aliphatic carbocycles. The smallest absolute Gasteiger partial charge is 0.121 e. The van der Waals surface area contributed by atoms with Gasteiger partial charge in [0.15, 0.2) is 0 Å². The molecule has 1 fully saturated rings. The number of aromatic nitrogens is 2. The third-order valence-corrected chi connectivity index (χ3v) is 4.48. The topological polar surface area (TPSA) is 40.7 Å². The van der Waals surface area contributed by atoms with E-state index in [-0.39, 0.29) is 0 Å². The molecule has 1 aliphatic rings. The van der Waals surface area contributed by atoms with Crippen LogP contribution in [0.25, 0.3) is 10.6 Å². The third-order valence-electron chi connectivity index (χ3n) is 3.60. The Hall–Kier alpha value is -1.13. The molecule has 0 spiro atoms. The lowest BCUT2D eigenvalue weighted by molar-refractivity contribution is 0.515. The van der Waals surface area contributed by atoms with Gasteiger partial charge in [-0.15, -0.1) is 11.3 Å². The summed E-state index contributed by atoms with van der Waals surface area (Å²) in [6.07, 6.45) is 5.37. The monoisotopic (exact) mass is 261 g/mol. The largest absolute Gasteiger partial charge is 0.344 e. The number of imidazole rings is 1. The molecule has 3 rings (SSSR count). The van der Waals surface area contributed by atoms with Crippen molar-refractivity contribution in [1.82, 2.24) is 15.3 Å². The predicted molar refractivity (Wildman–Crippen MR) is 75.7 cm³/mol. The molecule has 0 radical (unpaired) electrons. The van der Waals surface area contributed by atoms with Crippen molar-refractivity contribution in [2.45, 2.75) is 45.2 Å². The van der Waals surface area contributed by atoms with E-state index in [0.717, 1.165) is 18.1 Å². The van der Waals surface area contributed by atoms with E-state index in [0.29, 0.717) is 6.04 Å². The molecule has 1 saturated carbocycles. The minimum Gasteiger partial charge on any atom is -0.344 e. The van der Waals surface area contributed by atoms with Crippen LogP contribution in [-0.2, 0) is 6.54 Å². The van der Waals surface area contributed by atoms with Crippen molar-refractivity contribution in [2.75, 3.05) is 0 Å². The van der Waals surface area contributed by atoms with Gasteiger partial charge in [-0.2, -0.15) is 0 Å². The number of hydrogen-bond acceptors (Lipinski definition) is 3. The fourth-order valence-corrected chi connectivity index (χ4v) is 3.40. The van der Waals surface area contributed by atoms with Gasteiger partial charge >= 0.3 is 0 Å². The van der Waals surface area contributed by atoms with E-state index in [1.54, 1.807) is 11.3 Å². The van der Waals surface area contributed by atoms with Gasteiger partial charge in [-0.25, -0.2) is 4.98 Å². The molecule has 2 aromatic heterocycles. The van der Waals surface area contributed by atoms with Gasteiger partial charge in [-0.05, 0) is 31.2 Å². The Morgan fingerprint density at radius 2 is 2.28 bits per heavy atom. The highest BCUT2D eigenvalue weighted by Gasteiger charge is 2.15. The minimum absolute atomic E-state index is 0.695. The number of H-pyrrole nitrogens is 1. The summed E-state index contributed by atoms with van der Waals surface area (Å²) in [5.74, 6) is 1.06. The fourth-order valence-electron chi connectivity index (χ4n) is 2.63. The Bertz CT molecular complexity index is 495. The summed E-state index contributed by atoms with van der Waals surface area (Å²) in [5, 5.41) is 5.69. The Morgan fingerprint density at radius 3 is 3.00 bits per heavy atom. The van der Waals surface area contributed by atoms with Gasteiger partial charge in [-0.3, -0.25) is 0 Å². The molecular weight excluding hydrogens is 242 g/mol. The second kappa shape index (κ2) is 5.24. The minimum atomic E-state index is 0.695. The van der Waals surface area contributed by atoms with Crippen molar-refractivity contribution in [3.8, 4) is 10.6 Å². The molecule has 2 aromatic rings. The molecule has 18 heavy (non-hydrogen) atoms. The molecule has 0 amide bonds. The zero-order valence-corrected chi connectivity index (χ0v) is 11.5. The average Bonchev–Trinajstić information content (AvgIpc) is 3.08. The third kappa shape index (κ3) is 2.49. The standard InChI is InChI=1S/C14H19N3S/c1-10-14(12-7-4-8-18-12)17-13(16-10)9-15-11-5-2-3-6-11/h4,7-8,11,15H,2-3,5-6,9H2,1H3,(H,16,17). The Labute approximate surface area is 112 Å². The van der Waals surface area contributed by atoms with Crippen LogP contribution in [0.15, 0.2) is 17.5 Å². The number of thiophene rings is 1. The van der Waals surface area contributed by atoms with Crippen LogP contribution in [0.1, 0.15) is 37.2 Å². The van der Waals surface area contributed by atoms with E-state index in [1.165, 1.54) is 36.3 Å². The van der Waals surface area contributed by atoms with Crippen LogP contribution in [-0.4, -0.2) is 16.0 Å². The van der Waals surface area contributed by atoms with E-state index in [2.05, 4.69) is 34.7 Å². The molecule has 2 N–H and O–H groups in total. The van der Waals surface area contributed by atoms with Gasteiger partial charge in [0.1, 0.15) is 11.5 Å². The number of rotatable bonds is 4. The van der Waals surface area contributed by atoms with Gasteiger partial charge in [0.05, 0.1) is 11.4 Å². The maximum Gasteiger partial charge on any atom is 0.121 e. The summed E-state index contributed by atoms with van der Waals surface area (Å²) >= 11 is 1.74. The summed E-state index contributed by atoms with van der Waals surface area (Å²) in [7, 11) is 0. The molecule has 0 unspecified atom stereocenters. The summed E-state index contributed by atoms with van der Waals surface area (Å²) in [4.78, 5) is 9.34. The summed E-state index contributed by atoms with van der Waals surface area (Å²) in [6, 6.07) is 4.90. The highest BCUT2D eigenvalue weighted by Crippen LogP contribution is 2.26. The van der Waals surface area contributed by atoms with Crippen LogP contribution < -0.4 is 5.32 Å². The predicted octanol–water partition coefficient (Wildman–Crippen LogP) is 3.48. The van der Waals surface area contributed by atoms with Crippen molar-refractivity contribution in [3.05, 3.63) is 29.0 Å². The average molecular weight is 261 g/mol. The number of nitrogens with zero attached hydrogens (tertiary/aromatic N) is 1. The first-order chi connectivity index (χ1) is 8.83. The van der Waals surface area contributed by atoms with Crippen molar-refractivity contribution < 1.29 is 0 Å². The van der Waals surface area contributed by atoms with Crippen LogP contribution in [0.4, 0.5) is 0 Å². The molecule has 0 aliphatic heterocycles. The van der Waals surface area contributed by atoms with Gasteiger partial charge in [0.2, 0.25) is 0 Å². The maximum absolute atomic E-state index is 4.71. The molecule has 0 aromatic carbocycles. The van der Waals surface area contributed by atoms with Crippen LogP contribution in [0, 0.1) is 6.92 Å². The van der Waals surface area contributed by atoms with Gasteiger partial charge in [-0.1, -0.05) is 18.9 Å². The summed E-state index contributed by atoms with van der Waals surface area (Å²) < 4.78 is 0. The second-order valence-corrected chi connectivity index (χ2v) is 5.94. The van der Waals surface area contributed by atoms with Crippen molar-refractivity contribution in [2.24, 2.45) is 0 Å². The number of hydrogen-bond donors (Lipinski definition) is 2. The molecule has 2 heterocycles. The normalized spacial score (nSPS) is 16.5. The van der Waals surface area contributed by atoms with Crippen LogP contribution in [0.5, 0.6) is 0 Å². The van der Waals surface area contributed by atoms with E-state index >= 15 is 0 Å². The van der Waals surface area contributed by atoms with Crippen molar-refractivity contribution in [3.63, 3.8) is 0 Å². The van der Waals surface area contributed by atoms with Gasteiger partial charge in [0.25, 0.3) is 0 Å². The lowest BCUT2D eigenvalue weighted by atomic mass is 10.2. The Kier molecular flexibility index (Phi) is 3.48. The summed E-state index contributed by atoms with van der Waals surface area (Å²) in [5.41, 5.74) is 2.27. The first kappa shape index (κ1) is 11.9. The maximum atomic E-state index is 4.71. The first-order valence-corrected chi connectivity index (χ1v) is 7.53. The fraction of sp³-hybridized carbons (Fsp3) is 0.500. The zero-order chi connectivity index (χ0) is 12.4. The second-order valence-electron chi connectivity index (χ2n) is 5.00. The van der Waals surface area contributed by atoms with Crippen LogP contribution >= 0.6 is 11.3 Å². The van der Waals surface area contributed by atoms with Gasteiger partial charge in [0, 0.05) is 11.7 Å². The number of nitrogens with one attached hydrogen (secondary N) is 2. The first-order valence-electron chi connectivity index (χ1n) is 6.65. The Balaban J connectivity index is 1.68. The highest BCUT2D eigenvalue weighted by molar-refractivity contribution is 7.13. The van der Waals surface area contributed by atoms with E-state index in [1.807, 2.05) is 0 Å². The molecule has 96 valence electrons. The molecule has 0 saturated heterocycles. The number of aryl methyl sites for hydroxylation is 1. The van der Waals surface area contributed by atoms with Crippen molar-refractivity contribution in [1.29, 1.82) is 0 Å². The van der Waals surface area contributed by atoms with Crippen LogP contribution in [0.2, 0.25) is 0 Å². The highest BCUT2D eigenvalue weighted by atomic mass is 32.1. The van der Waals surface area contributed by atoms with Gasteiger partial charge < -0.3 is 10.3 Å². The SMILES string of the molecule is Cc1[nH]c(CNC2CCCC2)nc1-c1cccs1.